The Morgan fingerprint density at radius 2 is 1.58 bits per heavy atom. The minimum atomic E-state index is -3.54. The van der Waals surface area contributed by atoms with Gasteiger partial charge >= 0.3 is 0 Å². The monoisotopic (exact) mass is 456 g/mol. The molecule has 2 aromatic carbocycles. The molecule has 1 amide bonds. The van der Waals surface area contributed by atoms with Crippen molar-refractivity contribution in [3.8, 4) is 0 Å². The van der Waals surface area contributed by atoms with E-state index < -0.39 is 10.0 Å². The Balaban J connectivity index is 1.99. The molecule has 0 fully saturated rings. The van der Waals surface area contributed by atoms with Crippen molar-refractivity contribution >= 4 is 49.3 Å². The smallest absolute Gasteiger partial charge is 0.240 e. The van der Waals surface area contributed by atoms with Crippen molar-refractivity contribution in [3.63, 3.8) is 0 Å². The third kappa shape index (κ3) is 6.12. The number of hydrogen-bond acceptors (Lipinski definition) is 4. The van der Waals surface area contributed by atoms with Gasteiger partial charge in [0.2, 0.25) is 15.9 Å². The molecule has 0 radical (unpaired) electrons. The predicted octanol–water partition coefficient (Wildman–Crippen LogP) is 4.26. The zero-order valence-electron chi connectivity index (χ0n) is 14.7. The maximum absolute atomic E-state index is 12.3. The Hall–Kier alpha value is -1.35. The third-order valence-electron chi connectivity index (χ3n) is 3.32. The molecule has 8 heteroatoms. The van der Waals surface area contributed by atoms with Crippen LogP contribution in [0, 0.1) is 0 Å². The summed E-state index contributed by atoms with van der Waals surface area (Å²) >= 11 is 4.84. The van der Waals surface area contributed by atoms with Crippen molar-refractivity contribution in [1.29, 1.82) is 0 Å². The molecule has 0 aliphatic carbocycles. The summed E-state index contributed by atoms with van der Waals surface area (Å²) in [7, 11) is -3.54. The van der Waals surface area contributed by atoms with Crippen LogP contribution in [0.1, 0.15) is 20.8 Å². The van der Waals surface area contributed by atoms with Crippen molar-refractivity contribution in [1.82, 2.24) is 4.72 Å². The highest BCUT2D eigenvalue weighted by Gasteiger charge is 2.17. The van der Waals surface area contributed by atoms with Gasteiger partial charge in [-0.2, -0.15) is 0 Å². The lowest BCUT2D eigenvalue weighted by Crippen LogP contribution is -2.30. The van der Waals surface area contributed by atoms with E-state index in [2.05, 4.69) is 26.0 Å². The number of rotatable bonds is 7. The maximum Gasteiger partial charge on any atom is 0.240 e. The van der Waals surface area contributed by atoms with Crippen LogP contribution in [0.15, 0.2) is 62.8 Å². The van der Waals surface area contributed by atoms with Gasteiger partial charge in [-0.05, 0) is 69.3 Å². The molecule has 0 bridgehead atoms. The number of halogens is 1. The first-order valence-corrected chi connectivity index (χ1v) is 11.2. The van der Waals surface area contributed by atoms with E-state index >= 15 is 0 Å². The van der Waals surface area contributed by atoms with Crippen molar-refractivity contribution in [3.05, 3.63) is 53.0 Å². The van der Waals surface area contributed by atoms with E-state index in [4.69, 9.17) is 0 Å². The third-order valence-corrected chi connectivity index (χ3v) is 6.63. The summed E-state index contributed by atoms with van der Waals surface area (Å²) in [5.41, 5.74) is 0.557. The second kappa shape index (κ2) is 9.03. The van der Waals surface area contributed by atoms with E-state index in [9.17, 15) is 13.2 Å². The van der Waals surface area contributed by atoms with Crippen LogP contribution in [0.5, 0.6) is 0 Å². The molecular weight excluding hydrogens is 436 g/mol. The Kier molecular flexibility index (Phi) is 7.28. The Morgan fingerprint density at radius 1 is 1.00 bits per heavy atom. The summed E-state index contributed by atoms with van der Waals surface area (Å²) in [6.45, 7) is 5.35. The van der Waals surface area contributed by atoms with Gasteiger partial charge in [0, 0.05) is 21.1 Å². The van der Waals surface area contributed by atoms with Crippen LogP contribution >= 0.6 is 27.7 Å². The van der Waals surface area contributed by atoms with Gasteiger partial charge in [-0.25, -0.2) is 13.1 Å². The lowest BCUT2D eigenvalue weighted by atomic mass is 10.3. The minimum Gasteiger partial charge on any atom is -0.325 e. The van der Waals surface area contributed by atoms with Crippen LogP contribution in [-0.2, 0) is 14.8 Å². The number of carbonyl (C=O) groups excluding carboxylic acids is 1. The minimum absolute atomic E-state index is 0.145. The molecule has 0 saturated heterocycles. The fourth-order valence-electron chi connectivity index (χ4n) is 2.11. The van der Waals surface area contributed by atoms with Crippen LogP contribution < -0.4 is 10.0 Å². The number of sulfonamides is 1. The Labute approximate surface area is 167 Å². The van der Waals surface area contributed by atoms with Crippen LogP contribution in [-0.4, -0.2) is 25.6 Å². The van der Waals surface area contributed by atoms with Gasteiger partial charge in [0.25, 0.3) is 0 Å². The average Bonchev–Trinajstić information content (AvgIpc) is 2.56. The molecule has 26 heavy (non-hydrogen) atoms. The second-order valence-corrected chi connectivity index (χ2v) is 10.0. The molecule has 0 saturated carbocycles. The molecule has 0 aliphatic heterocycles. The zero-order chi connectivity index (χ0) is 19.3. The van der Waals surface area contributed by atoms with Gasteiger partial charge in [0.1, 0.15) is 0 Å². The molecule has 1 unspecified atom stereocenters. The van der Waals surface area contributed by atoms with E-state index in [1.807, 2.05) is 31.2 Å². The van der Waals surface area contributed by atoms with Gasteiger partial charge in [-0.15, -0.1) is 11.8 Å². The number of carbonyl (C=O) groups is 1. The summed E-state index contributed by atoms with van der Waals surface area (Å²) < 4.78 is 27.7. The van der Waals surface area contributed by atoms with Gasteiger partial charge in [-0.3, -0.25) is 4.79 Å². The van der Waals surface area contributed by atoms with E-state index in [0.29, 0.717) is 5.69 Å². The first kappa shape index (κ1) is 21.0. The summed E-state index contributed by atoms with van der Waals surface area (Å²) in [5, 5.41) is 2.52. The summed E-state index contributed by atoms with van der Waals surface area (Å²) in [6, 6.07) is 13.7. The lowest BCUT2D eigenvalue weighted by molar-refractivity contribution is -0.115. The second-order valence-electron chi connectivity index (χ2n) is 6.00. The highest BCUT2D eigenvalue weighted by molar-refractivity contribution is 9.10. The molecule has 5 nitrogen and oxygen atoms in total. The summed E-state index contributed by atoms with van der Waals surface area (Å²) in [6.07, 6.45) is 0. The molecule has 2 N–H and O–H groups in total. The highest BCUT2D eigenvalue weighted by atomic mass is 79.9. The fourth-order valence-corrected chi connectivity index (χ4v) is 4.49. The molecule has 0 aromatic heterocycles. The van der Waals surface area contributed by atoms with Crippen LogP contribution in [0.25, 0.3) is 0 Å². The molecule has 2 rings (SSSR count). The molecule has 2 aromatic rings. The van der Waals surface area contributed by atoms with Crippen LogP contribution in [0.3, 0.4) is 0 Å². The van der Waals surface area contributed by atoms with E-state index in [-0.39, 0.29) is 22.1 Å². The van der Waals surface area contributed by atoms with Gasteiger partial charge in [0.05, 0.1) is 10.1 Å². The maximum atomic E-state index is 12.3. The average molecular weight is 457 g/mol. The van der Waals surface area contributed by atoms with Gasteiger partial charge in [0.15, 0.2) is 0 Å². The summed E-state index contributed by atoms with van der Waals surface area (Å²) in [5.74, 6) is -0.145. The zero-order valence-corrected chi connectivity index (χ0v) is 17.9. The highest BCUT2D eigenvalue weighted by Crippen LogP contribution is 2.26. The number of anilines is 1. The quantitative estimate of drug-likeness (QED) is 0.610. The van der Waals surface area contributed by atoms with E-state index in [1.165, 1.54) is 23.9 Å². The van der Waals surface area contributed by atoms with Crippen molar-refractivity contribution in [2.45, 2.75) is 41.9 Å². The van der Waals surface area contributed by atoms with Crippen LogP contribution in [0.4, 0.5) is 5.69 Å². The molecule has 0 aliphatic rings. The fraction of sp³-hybridized carbons (Fsp3) is 0.278. The van der Waals surface area contributed by atoms with E-state index in [0.717, 1.165) is 9.37 Å². The first-order valence-electron chi connectivity index (χ1n) is 8.03. The number of thioether (sulfide) groups is 1. The number of hydrogen-bond donors (Lipinski definition) is 2. The number of amides is 1. The SMILES string of the molecule is CC(C)NS(=O)(=O)c1ccc(NC(=O)C(C)Sc2ccc(Br)cc2)cc1. The largest absolute Gasteiger partial charge is 0.325 e. The normalized spacial score (nSPS) is 12.8. The van der Waals surface area contributed by atoms with E-state index in [1.54, 1.807) is 26.0 Å². The Morgan fingerprint density at radius 3 is 2.12 bits per heavy atom. The van der Waals surface area contributed by atoms with Gasteiger partial charge in [-0.1, -0.05) is 15.9 Å². The topological polar surface area (TPSA) is 75.3 Å². The molecular formula is C18H21BrN2O3S2. The van der Waals surface area contributed by atoms with Crippen molar-refractivity contribution in [2.24, 2.45) is 0 Å². The summed E-state index contributed by atoms with van der Waals surface area (Å²) in [4.78, 5) is 13.5. The molecule has 140 valence electrons. The molecule has 1 atom stereocenters. The number of benzene rings is 2. The van der Waals surface area contributed by atoms with Crippen LogP contribution in [0.2, 0.25) is 0 Å². The molecule has 0 spiro atoms. The Bertz CT molecular complexity index is 851. The first-order chi connectivity index (χ1) is 12.2. The molecule has 0 heterocycles. The van der Waals surface area contributed by atoms with Gasteiger partial charge < -0.3 is 5.32 Å². The number of nitrogens with one attached hydrogen (secondary N) is 2. The lowest BCUT2D eigenvalue weighted by Gasteiger charge is -2.13. The predicted molar refractivity (Wildman–Crippen MR) is 110 cm³/mol. The van der Waals surface area contributed by atoms with Crippen molar-refractivity contribution < 1.29 is 13.2 Å². The standard InChI is InChI=1S/C18H21BrN2O3S2/c1-12(2)21-26(23,24)17-10-6-15(7-11-17)20-18(22)13(3)25-16-8-4-14(19)5-9-16/h4-13,21H,1-3H3,(H,20,22). The van der Waals surface area contributed by atoms with Crippen molar-refractivity contribution in [2.75, 3.05) is 5.32 Å².